The van der Waals surface area contributed by atoms with Gasteiger partial charge in [0.05, 0.1) is 11.4 Å². The molecular weight excluding hydrogens is 1150 g/mol. The first kappa shape index (κ1) is 63.1. The van der Waals surface area contributed by atoms with Gasteiger partial charge in [-0.15, -0.1) is 0 Å². The summed E-state index contributed by atoms with van der Waals surface area (Å²) < 4.78 is 45.3. The van der Waals surface area contributed by atoms with Crippen LogP contribution in [-0.2, 0) is 5.67 Å². The van der Waals surface area contributed by atoms with E-state index in [2.05, 4.69) is 57.5 Å². The number of aryl methyl sites for hydroxylation is 1. The minimum Gasteiger partial charge on any atom is -0.457 e. The first-order valence-corrected chi connectivity index (χ1v) is 27.1. The average Bonchev–Trinajstić information content (AvgIpc) is 1.70. The quantitative estimate of drug-likeness (QED) is 0.0370. The Kier molecular flexibility index (Phi) is 20.1. The van der Waals surface area contributed by atoms with Crippen LogP contribution in [0, 0.1) is 19.7 Å². The number of hydrogen-bond donors (Lipinski definition) is 8. The van der Waals surface area contributed by atoms with Crippen molar-refractivity contribution in [3.05, 3.63) is 251 Å². The van der Waals surface area contributed by atoms with Crippen LogP contribution in [0.15, 0.2) is 189 Å². The van der Waals surface area contributed by atoms with Crippen molar-refractivity contribution in [2.75, 3.05) is 47.7 Å². The summed E-state index contributed by atoms with van der Waals surface area (Å²) in [6, 6.07) is 40.2. The normalized spacial score (nSPS) is 10.7. The molecule has 0 aliphatic rings. The molecule has 89 heavy (non-hydrogen) atoms. The zero-order chi connectivity index (χ0) is 63.9. The molecule has 0 bridgehead atoms. The van der Waals surface area contributed by atoms with E-state index in [1.165, 1.54) is 83.9 Å². The van der Waals surface area contributed by atoms with Crippen LogP contribution in [0.2, 0.25) is 0 Å². The number of anilines is 8. The molecule has 452 valence electrons. The molecule has 24 heteroatoms. The Morgan fingerprint density at radius 2 is 0.787 bits per heavy atom. The number of rotatable bonds is 18. The van der Waals surface area contributed by atoms with Gasteiger partial charge in [0.1, 0.15) is 74.4 Å². The maximum Gasteiger partial charge on any atom is 0.323 e. The van der Waals surface area contributed by atoms with Gasteiger partial charge >= 0.3 is 6.03 Å². The minimum absolute atomic E-state index is 0.129. The summed E-state index contributed by atoms with van der Waals surface area (Å²) in [4.78, 5) is 106. The Morgan fingerprint density at radius 1 is 0.427 bits per heavy atom. The van der Waals surface area contributed by atoms with Crippen LogP contribution in [0.1, 0.15) is 62.0 Å². The highest BCUT2D eigenvalue weighted by atomic mass is 19.1. The summed E-state index contributed by atoms with van der Waals surface area (Å²) >= 11 is 0. The fraction of sp³-hybridized carbons (Fsp3) is 0.123. The Labute approximate surface area is 506 Å². The molecule has 3 heterocycles. The number of aromatic nitrogens is 3. The highest BCUT2D eigenvalue weighted by molar-refractivity contribution is 6.00. The highest BCUT2D eigenvalue weighted by Gasteiger charge is 2.23. The van der Waals surface area contributed by atoms with Gasteiger partial charge in [0.2, 0.25) is 10.9 Å². The highest BCUT2D eigenvalue weighted by Crippen LogP contribution is 2.31. The van der Waals surface area contributed by atoms with Gasteiger partial charge in [-0.1, -0.05) is 23.8 Å². The molecule has 3 aromatic heterocycles. The molecule has 0 unspecified atom stereocenters. The molecule has 0 radical (unpaired) electrons. The predicted molar refractivity (Wildman–Crippen MR) is 334 cm³/mol. The van der Waals surface area contributed by atoms with Crippen LogP contribution in [0.3, 0.4) is 0 Å². The summed E-state index contributed by atoms with van der Waals surface area (Å²) in [5.41, 5.74) is 1.82. The number of alkyl halides is 1. The standard InChI is InChI=1S/C24H20N4O4.C23H22F2N4O3.C18H15N3O4/c1-14-3-5-15(6-4-14)27-20-21(23(30)22(20)29)28-16-7-9-17(10-8-16)32-18-11-12-26-19(13-18)24(31)25-2;1-23(2,25)14-4-9-18(24)19(12-14)29-22(31)28-15-5-7-16(8-6-15)32-17-10-11-27-20(13-17)21(30)26-3;1-10-15(17(23)16(10)22)21-11-3-5-12(6-4-11)25-13-7-8-20-14(9-13)18(24)19-2/h3-13,27-28H,1-2H3,(H,25,31);4-13H,1-3H3,(H,26,30)(H2,28,29,31);3-9,21H,1-2H3,(H,19,24). The second-order valence-electron chi connectivity index (χ2n) is 19.8. The first-order valence-electron chi connectivity index (χ1n) is 27.1. The molecule has 22 nitrogen and oxygen atoms in total. The number of halogens is 2. The number of nitrogens with zero attached hydrogens (tertiary/aromatic N) is 3. The maximum absolute atomic E-state index is 14.1. The lowest BCUT2D eigenvalue weighted by Gasteiger charge is -2.16. The van der Waals surface area contributed by atoms with Gasteiger partial charge in [-0.2, -0.15) is 0 Å². The zero-order valence-corrected chi connectivity index (χ0v) is 48.8. The molecule has 0 saturated heterocycles. The molecule has 10 aromatic rings. The van der Waals surface area contributed by atoms with Crippen LogP contribution in [0.25, 0.3) is 0 Å². The lowest BCUT2D eigenvalue weighted by molar-refractivity contribution is 0.0950. The van der Waals surface area contributed by atoms with Crippen LogP contribution in [0.5, 0.6) is 34.5 Å². The van der Waals surface area contributed by atoms with Crippen molar-refractivity contribution in [2.45, 2.75) is 33.4 Å². The number of ether oxygens (including phenoxy) is 3. The van der Waals surface area contributed by atoms with Gasteiger partial charge in [0, 0.05) is 86.2 Å². The van der Waals surface area contributed by atoms with E-state index < -0.39 is 39.2 Å². The summed E-state index contributed by atoms with van der Waals surface area (Å²) in [5.74, 6) is 1.31. The van der Waals surface area contributed by atoms with E-state index in [1.54, 1.807) is 97.9 Å². The molecule has 7 aromatic carbocycles. The molecule has 8 N–H and O–H groups in total. The van der Waals surface area contributed by atoms with E-state index in [0.29, 0.717) is 62.8 Å². The van der Waals surface area contributed by atoms with Gasteiger partial charge < -0.3 is 56.7 Å². The second kappa shape index (κ2) is 28.3. The third kappa shape index (κ3) is 16.5. The number of carbonyl (C=O) groups excluding carboxylic acids is 4. The van der Waals surface area contributed by atoms with Crippen molar-refractivity contribution in [1.82, 2.24) is 30.9 Å². The molecule has 0 fully saturated rings. The number of hydrogen-bond acceptors (Lipinski definition) is 17. The molecule has 0 saturated carbocycles. The Morgan fingerprint density at radius 3 is 1.16 bits per heavy atom. The van der Waals surface area contributed by atoms with Crippen LogP contribution >= 0.6 is 0 Å². The van der Waals surface area contributed by atoms with Gasteiger partial charge in [0.15, 0.2) is 0 Å². The van der Waals surface area contributed by atoms with Crippen molar-refractivity contribution in [1.29, 1.82) is 0 Å². The van der Waals surface area contributed by atoms with Gasteiger partial charge in [-0.3, -0.25) is 48.5 Å². The van der Waals surface area contributed by atoms with Crippen LogP contribution in [0.4, 0.5) is 59.1 Å². The summed E-state index contributed by atoms with van der Waals surface area (Å²) in [6.45, 7) is 6.27. The van der Waals surface area contributed by atoms with Crippen molar-refractivity contribution in [3.63, 3.8) is 0 Å². The molecular formula is C65H57F2N11O11. The molecule has 5 amide bonds. The summed E-state index contributed by atoms with van der Waals surface area (Å²) in [5, 5.41) is 21.4. The second-order valence-corrected chi connectivity index (χ2v) is 19.8. The van der Waals surface area contributed by atoms with Gasteiger partial charge in [0.25, 0.3) is 28.6 Å². The first-order chi connectivity index (χ1) is 42.6. The Balaban J connectivity index is 0.000000174. The third-order valence-corrected chi connectivity index (χ3v) is 12.9. The zero-order valence-electron chi connectivity index (χ0n) is 48.8. The van der Waals surface area contributed by atoms with Crippen LogP contribution < -0.4 is 78.5 Å². The monoisotopic (exact) mass is 1210 g/mol. The van der Waals surface area contributed by atoms with Gasteiger partial charge in [-0.05, 0) is 149 Å². The molecule has 0 aliphatic heterocycles. The lowest BCUT2D eigenvalue weighted by atomic mass is 9.99. The van der Waals surface area contributed by atoms with Crippen molar-refractivity contribution >= 4 is 69.3 Å². The fourth-order valence-electron chi connectivity index (χ4n) is 8.04. The lowest BCUT2D eigenvalue weighted by Crippen LogP contribution is -2.35. The van der Waals surface area contributed by atoms with E-state index in [-0.39, 0.29) is 57.4 Å². The van der Waals surface area contributed by atoms with Crippen LogP contribution in [-0.4, -0.2) is 59.8 Å². The van der Waals surface area contributed by atoms with E-state index in [1.807, 2.05) is 31.2 Å². The Bertz CT molecular complexity index is 4350. The fourth-order valence-corrected chi connectivity index (χ4v) is 8.04. The molecule has 0 spiro atoms. The largest absolute Gasteiger partial charge is 0.457 e. The van der Waals surface area contributed by atoms with E-state index in [9.17, 15) is 47.1 Å². The smallest absolute Gasteiger partial charge is 0.323 e. The average molecular weight is 1210 g/mol. The van der Waals surface area contributed by atoms with Crippen molar-refractivity contribution < 1.29 is 42.2 Å². The summed E-state index contributed by atoms with van der Waals surface area (Å²) in [7, 11) is 4.56. The minimum atomic E-state index is -1.67. The maximum atomic E-state index is 14.1. The van der Waals surface area contributed by atoms with E-state index >= 15 is 0 Å². The van der Waals surface area contributed by atoms with E-state index in [0.717, 1.165) is 17.3 Å². The SMILES string of the molecule is CNC(=O)c1cc(Oc2ccc(NC(=O)Nc3cc(C(C)(C)F)ccc3F)cc2)ccn1.CNC(=O)c1cc(Oc2ccc(Nc3c(C)c(=O)c3=O)cc2)ccn1.CNC(=O)c1cc(Oc2ccc(Nc3c(Nc4ccc(C)cc4)c(=O)c3=O)cc2)ccn1. The van der Waals surface area contributed by atoms with E-state index in [4.69, 9.17) is 14.2 Å². The third-order valence-electron chi connectivity index (χ3n) is 12.9. The predicted octanol–water partition coefficient (Wildman–Crippen LogP) is 10.7. The number of benzene rings is 5. The Hall–Kier alpha value is -12.0. The van der Waals surface area contributed by atoms with Crippen molar-refractivity contribution in [3.8, 4) is 34.5 Å². The number of carbonyl (C=O) groups is 4. The molecule has 10 rings (SSSR count). The molecule has 0 atom stereocenters. The summed E-state index contributed by atoms with van der Waals surface area (Å²) in [6.07, 6.45) is 4.44. The number of amides is 5. The number of nitrogens with one attached hydrogen (secondary N) is 8. The van der Waals surface area contributed by atoms with Crippen molar-refractivity contribution in [2.24, 2.45) is 0 Å². The number of pyridine rings is 3. The molecule has 0 aliphatic carbocycles. The topological polar surface area (TPSA) is 299 Å². The number of urea groups is 1. The van der Waals surface area contributed by atoms with Gasteiger partial charge in [-0.25, -0.2) is 13.6 Å².